The highest BCUT2D eigenvalue weighted by Crippen LogP contribution is 2.44. The number of hydrogen-bond donors (Lipinski definition) is 3. The van der Waals surface area contributed by atoms with Gasteiger partial charge in [0.1, 0.15) is 17.5 Å². The summed E-state index contributed by atoms with van der Waals surface area (Å²) in [5.74, 6) is 0.520. The van der Waals surface area contributed by atoms with E-state index < -0.39 is 6.04 Å². The van der Waals surface area contributed by atoms with Crippen molar-refractivity contribution in [2.45, 2.75) is 58.0 Å². The highest BCUT2D eigenvalue weighted by Gasteiger charge is 2.50. The number of methoxy groups -OCH3 is 1. The summed E-state index contributed by atoms with van der Waals surface area (Å²) in [6, 6.07) is 6.76. The molecular weight excluding hydrogens is 472 g/mol. The Bertz CT molecular complexity index is 1170. The van der Waals surface area contributed by atoms with Crippen molar-refractivity contribution in [1.82, 2.24) is 20.5 Å². The van der Waals surface area contributed by atoms with Crippen molar-refractivity contribution in [1.29, 1.82) is 0 Å². The Morgan fingerprint density at radius 3 is 2.73 bits per heavy atom. The predicted octanol–water partition coefficient (Wildman–Crippen LogP) is 2.85. The van der Waals surface area contributed by atoms with E-state index in [9.17, 15) is 14.4 Å². The van der Waals surface area contributed by atoms with Crippen molar-refractivity contribution in [2.75, 3.05) is 33.4 Å². The molecule has 37 heavy (non-hydrogen) atoms. The normalized spacial score (nSPS) is 24.0. The summed E-state index contributed by atoms with van der Waals surface area (Å²) in [5, 5.41) is 6.96. The number of carbonyl (C=O) groups is 3. The molecule has 0 aliphatic carbocycles. The van der Waals surface area contributed by atoms with E-state index in [1.807, 2.05) is 24.3 Å². The van der Waals surface area contributed by atoms with Crippen LogP contribution in [0.2, 0.25) is 0 Å². The van der Waals surface area contributed by atoms with Crippen LogP contribution in [-0.2, 0) is 14.3 Å². The van der Waals surface area contributed by atoms with Crippen LogP contribution in [0.1, 0.15) is 56.4 Å². The summed E-state index contributed by atoms with van der Waals surface area (Å²) >= 11 is 0. The van der Waals surface area contributed by atoms with Crippen LogP contribution in [0.4, 0.5) is 0 Å². The maximum absolute atomic E-state index is 13.9. The van der Waals surface area contributed by atoms with E-state index in [1.165, 1.54) is 0 Å². The molecular formula is C28H38N4O5. The number of carbonyl (C=O) groups excluding carboxylic acids is 3. The Labute approximate surface area is 217 Å². The van der Waals surface area contributed by atoms with Crippen LogP contribution in [0.5, 0.6) is 5.75 Å². The average Bonchev–Trinajstić information content (AvgIpc) is 3.60. The van der Waals surface area contributed by atoms with Gasteiger partial charge in [-0.2, -0.15) is 0 Å². The molecule has 1 aromatic carbocycles. The second-order valence-corrected chi connectivity index (χ2v) is 11.2. The van der Waals surface area contributed by atoms with E-state index in [2.05, 4.69) is 29.5 Å². The van der Waals surface area contributed by atoms with Gasteiger partial charge < -0.3 is 30.0 Å². The van der Waals surface area contributed by atoms with Crippen LogP contribution in [-0.4, -0.2) is 73.1 Å². The number of benzene rings is 1. The maximum Gasteiger partial charge on any atom is 0.271 e. The quantitative estimate of drug-likeness (QED) is 0.530. The van der Waals surface area contributed by atoms with Crippen molar-refractivity contribution < 1.29 is 23.9 Å². The number of likely N-dealkylation sites (tertiary alicyclic amines) is 1. The fourth-order valence-electron chi connectivity index (χ4n) is 6.20. The first-order valence-electron chi connectivity index (χ1n) is 13.4. The zero-order chi connectivity index (χ0) is 26.2. The molecule has 1 spiro atoms. The molecule has 1 aromatic heterocycles. The van der Waals surface area contributed by atoms with Crippen molar-refractivity contribution in [2.24, 2.45) is 17.3 Å². The van der Waals surface area contributed by atoms with Crippen molar-refractivity contribution in [3.63, 3.8) is 0 Å². The number of fused-ring (bicyclic) bond motifs is 1. The summed E-state index contributed by atoms with van der Waals surface area (Å²) in [7, 11) is 1.61. The first-order valence-corrected chi connectivity index (χ1v) is 13.4. The molecule has 3 saturated heterocycles. The molecule has 0 radical (unpaired) electrons. The molecule has 3 aliphatic heterocycles. The second-order valence-electron chi connectivity index (χ2n) is 11.2. The van der Waals surface area contributed by atoms with Gasteiger partial charge in [0.2, 0.25) is 11.8 Å². The van der Waals surface area contributed by atoms with Crippen LogP contribution >= 0.6 is 0 Å². The van der Waals surface area contributed by atoms with Gasteiger partial charge in [-0.3, -0.25) is 14.4 Å². The van der Waals surface area contributed by atoms with Crippen LogP contribution in [0.25, 0.3) is 10.9 Å². The van der Waals surface area contributed by atoms with Gasteiger partial charge in [0.05, 0.1) is 7.11 Å². The molecule has 3 aliphatic rings. The molecule has 3 N–H and O–H groups in total. The van der Waals surface area contributed by atoms with Crippen molar-refractivity contribution in [3.8, 4) is 5.75 Å². The van der Waals surface area contributed by atoms with Crippen molar-refractivity contribution in [3.05, 3.63) is 30.0 Å². The van der Waals surface area contributed by atoms with Gasteiger partial charge in [0.15, 0.2) is 0 Å². The molecule has 9 nitrogen and oxygen atoms in total. The summed E-state index contributed by atoms with van der Waals surface area (Å²) in [5.41, 5.74) is 1.14. The van der Waals surface area contributed by atoms with E-state index in [0.29, 0.717) is 50.6 Å². The summed E-state index contributed by atoms with van der Waals surface area (Å²) in [6.45, 7) is 6.63. The Balaban J connectivity index is 1.40. The summed E-state index contributed by atoms with van der Waals surface area (Å²) < 4.78 is 11.1. The average molecular weight is 511 g/mol. The minimum absolute atomic E-state index is 0.0629. The van der Waals surface area contributed by atoms with Gasteiger partial charge in [0, 0.05) is 49.2 Å². The Morgan fingerprint density at radius 1 is 1.27 bits per heavy atom. The zero-order valence-electron chi connectivity index (χ0n) is 22.0. The van der Waals surface area contributed by atoms with E-state index in [0.717, 1.165) is 30.2 Å². The van der Waals surface area contributed by atoms with E-state index in [1.54, 1.807) is 12.0 Å². The van der Waals surface area contributed by atoms with Crippen LogP contribution in [0.3, 0.4) is 0 Å². The van der Waals surface area contributed by atoms with Gasteiger partial charge in [0.25, 0.3) is 5.91 Å². The third-order valence-corrected chi connectivity index (χ3v) is 8.53. The molecule has 5 rings (SSSR count). The van der Waals surface area contributed by atoms with Gasteiger partial charge in [-0.05, 0) is 61.6 Å². The number of nitrogens with one attached hydrogen (secondary N) is 3. The number of ether oxygens (including phenoxy) is 2. The van der Waals surface area contributed by atoms with Crippen molar-refractivity contribution >= 4 is 28.6 Å². The van der Waals surface area contributed by atoms with E-state index in [4.69, 9.17) is 9.47 Å². The highest BCUT2D eigenvalue weighted by molar-refractivity contribution is 6.01. The molecule has 3 amide bonds. The van der Waals surface area contributed by atoms with E-state index >= 15 is 0 Å². The first kappa shape index (κ1) is 25.6. The molecule has 2 aromatic rings. The second kappa shape index (κ2) is 10.4. The molecule has 200 valence electrons. The molecule has 4 heterocycles. The number of rotatable bonds is 7. The SMILES string of the molecule is COc1cccc2[nH]c(C(=O)N3CC4(CCOCC4)CC3C(=O)N[C@@H](C[C@@H]3CCNC3=O)C(C)C)cc12. The number of amides is 3. The maximum atomic E-state index is 13.9. The monoisotopic (exact) mass is 510 g/mol. The van der Waals surface area contributed by atoms with Gasteiger partial charge in [-0.15, -0.1) is 0 Å². The number of aromatic amines is 1. The van der Waals surface area contributed by atoms with Gasteiger partial charge in [-0.1, -0.05) is 19.9 Å². The smallest absolute Gasteiger partial charge is 0.271 e. The van der Waals surface area contributed by atoms with Crippen LogP contribution in [0.15, 0.2) is 24.3 Å². The molecule has 1 unspecified atom stereocenters. The number of nitrogens with zero attached hydrogens (tertiary/aromatic N) is 1. The molecule has 3 fully saturated rings. The minimum atomic E-state index is -0.572. The molecule has 9 heteroatoms. The summed E-state index contributed by atoms with van der Waals surface area (Å²) in [4.78, 5) is 44.9. The first-order chi connectivity index (χ1) is 17.8. The lowest BCUT2D eigenvalue weighted by atomic mass is 9.78. The third-order valence-electron chi connectivity index (χ3n) is 8.53. The number of aromatic nitrogens is 1. The largest absolute Gasteiger partial charge is 0.496 e. The number of H-pyrrole nitrogens is 1. The fraction of sp³-hybridized carbons (Fsp3) is 0.607. The zero-order valence-corrected chi connectivity index (χ0v) is 22.0. The highest BCUT2D eigenvalue weighted by atomic mass is 16.5. The Morgan fingerprint density at radius 2 is 2.05 bits per heavy atom. The lowest BCUT2D eigenvalue weighted by molar-refractivity contribution is -0.127. The fourth-order valence-corrected chi connectivity index (χ4v) is 6.20. The molecule has 3 atom stereocenters. The molecule has 0 bridgehead atoms. The minimum Gasteiger partial charge on any atom is -0.496 e. The van der Waals surface area contributed by atoms with Crippen LogP contribution < -0.4 is 15.4 Å². The van der Waals surface area contributed by atoms with E-state index in [-0.39, 0.29) is 41.0 Å². The third kappa shape index (κ3) is 5.06. The Kier molecular flexibility index (Phi) is 7.16. The topological polar surface area (TPSA) is 113 Å². The number of hydrogen-bond acceptors (Lipinski definition) is 5. The van der Waals surface area contributed by atoms with Gasteiger partial charge >= 0.3 is 0 Å². The lowest BCUT2D eigenvalue weighted by Crippen LogP contribution is -2.50. The molecule has 0 saturated carbocycles. The summed E-state index contributed by atoms with van der Waals surface area (Å²) in [6.07, 6.45) is 3.68. The lowest BCUT2D eigenvalue weighted by Gasteiger charge is -2.32. The van der Waals surface area contributed by atoms with Crippen LogP contribution in [0, 0.1) is 17.3 Å². The Hall–Kier alpha value is -3.07. The predicted molar refractivity (Wildman–Crippen MR) is 139 cm³/mol. The standard InChI is InChI=1S/C28H38N4O5/c1-17(2)21(13-18-7-10-29-25(18)33)31-26(34)23-15-28(8-11-37-12-9-28)16-32(23)27(35)22-14-19-20(30-22)5-4-6-24(19)36-3/h4-6,14,17-18,21,23,30H,7-13,15-16H2,1-3H3,(H,29,33)(H,31,34)/t18-,21-,23?/m0/s1. The van der Waals surface area contributed by atoms with Gasteiger partial charge in [-0.25, -0.2) is 0 Å².